The molecule has 10 nitrogen and oxygen atoms in total. The van der Waals surface area contributed by atoms with E-state index in [2.05, 4.69) is 15.6 Å². The summed E-state index contributed by atoms with van der Waals surface area (Å²) in [6, 6.07) is 15.0. The number of primary amides is 1. The number of hydrogen-bond acceptors (Lipinski definition) is 6. The van der Waals surface area contributed by atoms with Crippen molar-refractivity contribution >= 4 is 17.7 Å². The molecule has 1 aromatic heterocycles. The molecule has 1 fully saturated rings. The number of amides is 3. The van der Waals surface area contributed by atoms with E-state index in [-0.39, 0.29) is 31.2 Å². The molecule has 0 aliphatic carbocycles. The summed E-state index contributed by atoms with van der Waals surface area (Å²) in [4.78, 5) is 40.8. The summed E-state index contributed by atoms with van der Waals surface area (Å²) in [5.41, 5.74) is 10.1. The van der Waals surface area contributed by atoms with Crippen molar-refractivity contribution in [1.29, 1.82) is 0 Å². The van der Waals surface area contributed by atoms with Crippen molar-refractivity contribution in [3.8, 4) is 11.1 Å². The van der Waals surface area contributed by atoms with E-state index in [4.69, 9.17) is 5.73 Å². The number of rotatable bonds is 9. The fourth-order valence-corrected chi connectivity index (χ4v) is 5.02. The third-order valence-corrected chi connectivity index (χ3v) is 7.33. The Morgan fingerprint density at radius 3 is 2.26 bits per heavy atom. The van der Waals surface area contributed by atoms with E-state index in [1.165, 1.54) is 4.90 Å². The van der Waals surface area contributed by atoms with Gasteiger partial charge in [-0.1, -0.05) is 73.7 Å². The smallest absolute Gasteiger partial charge is 0.248 e. The van der Waals surface area contributed by atoms with Crippen LogP contribution in [0.15, 0.2) is 54.6 Å². The minimum absolute atomic E-state index is 0.00898. The first-order valence-electron chi connectivity index (χ1n) is 13.2. The van der Waals surface area contributed by atoms with Gasteiger partial charge in [-0.15, -0.1) is 5.10 Å². The normalized spacial score (nSPS) is 18.7. The van der Waals surface area contributed by atoms with Crippen molar-refractivity contribution in [2.45, 2.75) is 64.8 Å². The quantitative estimate of drug-likeness (QED) is 0.384. The van der Waals surface area contributed by atoms with Gasteiger partial charge in [-0.05, 0) is 36.5 Å². The van der Waals surface area contributed by atoms with Gasteiger partial charge in [-0.25, -0.2) is 4.68 Å². The van der Waals surface area contributed by atoms with Gasteiger partial charge < -0.3 is 21.1 Å². The molecule has 1 saturated heterocycles. The van der Waals surface area contributed by atoms with Crippen LogP contribution in [0.3, 0.4) is 0 Å². The van der Waals surface area contributed by atoms with Crippen molar-refractivity contribution in [3.05, 3.63) is 71.5 Å². The maximum Gasteiger partial charge on any atom is 0.248 e. The van der Waals surface area contributed by atoms with Gasteiger partial charge in [0, 0.05) is 19.4 Å². The highest BCUT2D eigenvalue weighted by atomic mass is 16.3. The third kappa shape index (κ3) is 6.17. The highest BCUT2D eigenvalue weighted by Crippen LogP contribution is 2.28. The zero-order valence-electron chi connectivity index (χ0n) is 22.7. The molecule has 39 heavy (non-hydrogen) atoms. The lowest BCUT2D eigenvalue weighted by Gasteiger charge is -2.31. The van der Waals surface area contributed by atoms with E-state index in [0.29, 0.717) is 5.69 Å². The van der Waals surface area contributed by atoms with Crippen LogP contribution in [0.4, 0.5) is 0 Å². The van der Waals surface area contributed by atoms with Crippen LogP contribution in [0.25, 0.3) is 11.1 Å². The molecule has 0 bridgehead atoms. The first-order chi connectivity index (χ1) is 18.6. The minimum Gasteiger partial charge on any atom is -0.391 e. The van der Waals surface area contributed by atoms with Crippen molar-refractivity contribution in [3.63, 3.8) is 0 Å². The summed E-state index contributed by atoms with van der Waals surface area (Å²) in [5.74, 6) is -1.68. The number of aryl methyl sites for hydroxylation is 1. The summed E-state index contributed by atoms with van der Waals surface area (Å²) in [6.07, 6.45) is -0.603. The van der Waals surface area contributed by atoms with Crippen LogP contribution in [0.2, 0.25) is 0 Å². The number of β-amino-alcohol motifs (C(OH)–C–C–N with tert-alkyl or cyclic N) is 1. The Balaban J connectivity index is 1.49. The molecule has 0 saturated carbocycles. The molecule has 4 unspecified atom stereocenters. The van der Waals surface area contributed by atoms with Gasteiger partial charge in [0.25, 0.3) is 0 Å². The second kappa shape index (κ2) is 11.8. The van der Waals surface area contributed by atoms with Crippen molar-refractivity contribution in [2.24, 2.45) is 11.7 Å². The van der Waals surface area contributed by atoms with Crippen molar-refractivity contribution in [1.82, 2.24) is 25.2 Å². The summed E-state index contributed by atoms with van der Waals surface area (Å²) in [7, 11) is 0. The number of carbonyl (C=O) groups excluding carboxylic acids is 3. The van der Waals surface area contributed by atoms with Crippen LogP contribution < -0.4 is 11.1 Å². The number of hydrogen-bond donors (Lipinski definition) is 3. The van der Waals surface area contributed by atoms with Crippen LogP contribution in [-0.4, -0.2) is 67.5 Å². The molecule has 0 radical (unpaired) electrons. The van der Waals surface area contributed by atoms with Crippen LogP contribution in [-0.2, 0) is 20.8 Å². The molecule has 3 amide bonds. The molecule has 4 atom stereocenters. The first-order valence-corrected chi connectivity index (χ1v) is 13.2. The maximum atomic E-state index is 13.7. The minimum atomic E-state index is -0.976. The molecule has 1 aliphatic rings. The highest BCUT2D eigenvalue weighted by molar-refractivity contribution is 5.93. The fraction of sp³-hybridized carbons (Fsp3) is 0.414. The number of benzene rings is 2. The average Bonchev–Trinajstić information content (AvgIpc) is 3.46. The number of aromatic nitrogens is 3. The first kappa shape index (κ1) is 28.0. The number of aliphatic hydroxyl groups is 1. The van der Waals surface area contributed by atoms with Crippen molar-refractivity contribution in [2.75, 3.05) is 6.54 Å². The molecular weight excluding hydrogens is 496 g/mol. The standard InChI is InChI=1S/C29H36N6O4/c1-17(2)26(35-19(4)18(3)32-33-35)29(39)34-16-23(36)15-25(34)28(38)31-24(27(30)37)14-20-10-12-22(13-11-20)21-8-6-5-7-9-21/h5-13,17,23-26,36H,14-16H2,1-4H3,(H2,30,37)(H,31,38). The summed E-state index contributed by atoms with van der Waals surface area (Å²) >= 11 is 0. The van der Waals surface area contributed by atoms with E-state index in [1.54, 1.807) is 4.68 Å². The molecule has 4 rings (SSSR count). The zero-order valence-corrected chi connectivity index (χ0v) is 22.7. The predicted molar refractivity (Wildman–Crippen MR) is 146 cm³/mol. The van der Waals surface area contributed by atoms with E-state index in [9.17, 15) is 19.5 Å². The van der Waals surface area contributed by atoms with E-state index < -0.39 is 36.0 Å². The van der Waals surface area contributed by atoms with Crippen LogP contribution in [0, 0.1) is 19.8 Å². The average molecular weight is 533 g/mol. The van der Waals surface area contributed by atoms with Gasteiger partial charge in [-0.2, -0.15) is 0 Å². The van der Waals surface area contributed by atoms with Gasteiger partial charge in [0.05, 0.1) is 17.5 Å². The number of nitrogens with zero attached hydrogens (tertiary/aromatic N) is 4. The fourth-order valence-electron chi connectivity index (χ4n) is 5.02. The maximum absolute atomic E-state index is 13.7. The molecule has 2 aromatic carbocycles. The number of aliphatic hydroxyl groups excluding tert-OH is 1. The third-order valence-electron chi connectivity index (χ3n) is 7.33. The van der Waals surface area contributed by atoms with Gasteiger partial charge in [0.1, 0.15) is 18.1 Å². The van der Waals surface area contributed by atoms with Crippen LogP contribution in [0.1, 0.15) is 43.3 Å². The lowest BCUT2D eigenvalue weighted by molar-refractivity contribution is -0.143. The number of carbonyl (C=O) groups is 3. The Kier molecular flexibility index (Phi) is 8.44. The second-order valence-electron chi connectivity index (χ2n) is 10.5. The Hall–Kier alpha value is -4.05. The van der Waals surface area contributed by atoms with E-state index >= 15 is 0 Å². The highest BCUT2D eigenvalue weighted by Gasteiger charge is 2.43. The monoisotopic (exact) mass is 532 g/mol. The molecule has 0 spiro atoms. The topological polar surface area (TPSA) is 143 Å². The van der Waals surface area contributed by atoms with Crippen LogP contribution in [0.5, 0.6) is 0 Å². The second-order valence-corrected chi connectivity index (χ2v) is 10.5. The number of likely N-dealkylation sites (tertiary alicyclic amines) is 1. The van der Waals surface area contributed by atoms with Gasteiger partial charge in [0.2, 0.25) is 17.7 Å². The Labute approximate surface area is 228 Å². The lowest BCUT2D eigenvalue weighted by Crippen LogP contribution is -2.54. The molecule has 4 N–H and O–H groups in total. The van der Waals surface area contributed by atoms with Gasteiger partial charge in [0.15, 0.2) is 0 Å². The Morgan fingerprint density at radius 1 is 1.05 bits per heavy atom. The van der Waals surface area contributed by atoms with Crippen LogP contribution >= 0.6 is 0 Å². The summed E-state index contributed by atoms with van der Waals surface area (Å²) in [5, 5.41) is 21.4. The zero-order chi connectivity index (χ0) is 28.3. The largest absolute Gasteiger partial charge is 0.391 e. The molecule has 10 heteroatoms. The Bertz CT molecular complexity index is 1320. The number of nitrogens with one attached hydrogen (secondary N) is 1. The molecular formula is C29H36N6O4. The van der Waals surface area contributed by atoms with Gasteiger partial charge in [-0.3, -0.25) is 14.4 Å². The van der Waals surface area contributed by atoms with Gasteiger partial charge >= 0.3 is 0 Å². The van der Waals surface area contributed by atoms with Crippen molar-refractivity contribution < 1.29 is 19.5 Å². The summed E-state index contributed by atoms with van der Waals surface area (Å²) < 4.78 is 1.58. The predicted octanol–water partition coefficient (Wildman–Crippen LogP) is 1.93. The molecule has 3 aromatic rings. The Morgan fingerprint density at radius 2 is 1.69 bits per heavy atom. The van der Waals surface area contributed by atoms with E-state index in [1.807, 2.05) is 82.3 Å². The molecule has 2 heterocycles. The molecule has 1 aliphatic heterocycles. The van der Waals surface area contributed by atoms with E-state index in [0.717, 1.165) is 22.4 Å². The SMILES string of the molecule is Cc1nnn(C(C(=O)N2CC(O)CC2C(=O)NC(Cc2ccc(-c3ccccc3)cc2)C(N)=O)C(C)C)c1C. The number of nitrogens with two attached hydrogens (primary N) is 1. The molecule has 206 valence electrons. The summed E-state index contributed by atoms with van der Waals surface area (Å²) in [6.45, 7) is 7.45. The lowest BCUT2D eigenvalue weighted by atomic mass is 10.00.